The zero-order valence-corrected chi connectivity index (χ0v) is 22.3. The van der Waals surface area contributed by atoms with E-state index in [9.17, 15) is 8.42 Å². The number of anilines is 1. The standard InChI is InChI=1S/C27H22Cl3N3O2S/c1-17-6-13-27(23-5-3-2-4-22(17)23)36(34,35)31-16-21-15-26(18-7-9-19(28)10-8-18)33(32-21)25-12-11-20(29)14-24(25)30/h2-14,26,31H,15-16H2,1H3. The molecule has 5 rings (SSSR count). The highest BCUT2D eigenvalue weighted by Crippen LogP contribution is 2.40. The molecule has 1 aliphatic heterocycles. The molecule has 0 spiro atoms. The molecule has 9 heteroatoms. The largest absolute Gasteiger partial charge is 0.256 e. The SMILES string of the molecule is Cc1ccc(S(=O)(=O)NCC2=NN(c3ccc(Cl)cc3Cl)C(c3ccc(Cl)cc3)C2)c2ccccc12. The molecule has 0 aromatic heterocycles. The van der Waals surface area contributed by atoms with Crippen molar-refractivity contribution in [1.82, 2.24) is 4.72 Å². The number of sulfonamides is 1. The van der Waals surface area contributed by atoms with Crippen molar-refractivity contribution >= 4 is 67.0 Å². The maximum atomic E-state index is 13.3. The number of hydrazone groups is 1. The van der Waals surface area contributed by atoms with Crippen molar-refractivity contribution in [2.45, 2.75) is 24.3 Å². The lowest BCUT2D eigenvalue weighted by atomic mass is 10.0. The van der Waals surface area contributed by atoms with Crippen LogP contribution in [0.1, 0.15) is 23.6 Å². The summed E-state index contributed by atoms with van der Waals surface area (Å²) in [6, 6.07) is 23.5. The first-order chi connectivity index (χ1) is 17.2. The van der Waals surface area contributed by atoms with Crippen molar-refractivity contribution in [2.75, 3.05) is 11.6 Å². The number of halogens is 3. The Labute approximate surface area is 225 Å². The highest BCUT2D eigenvalue weighted by atomic mass is 35.5. The van der Waals surface area contributed by atoms with Crippen molar-refractivity contribution in [3.63, 3.8) is 0 Å². The van der Waals surface area contributed by atoms with E-state index in [0.29, 0.717) is 38.3 Å². The van der Waals surface area contributed by atoms with Gasteiger partial charge in [-0.2, -0.15) is 5.10 Å². The molecule has 4 aromatic rings. The Morgan fingerprint density at radius 2 is 1.61 bits per heavy atom. The van der Waals surface area contributed by atoms with Crippen LogP contribution in [0.4, 0.5) is 5.69 Å². The fourth-order valence-electron chi connectivity index (χ4n) is 4.43. The fourth-order valence-corrected chi connectivity index (χ4v) is 6.27. The minimum atomic E-state index is -3.79. The summed E-state index contributed by atoms with van der Waals surface area (Å²) in [5.74, 6) is 0. The minimum absolute atomic E-state index is 0.0658. The number of nitrogens with zero attached hydrogens (tertiary/aromatic N) is 2. The second-order valence-corrected chi connectivity index (χ2v) is 11.6. The molecule has 5 nitrogen and oxygen atoms in total. The van der Waals surface area contributed by atoms with Crippen molar-refractivity contribution in [3.8, 4) is 0 Å². The van der Waals surface area contributed by atoms with Gasteiger partial charge in [-0.25, -0.2) is 13.1 Å². The predicted octanol–water partition coefficient (Wildman–Crippen LogP) is 7.39. The highest BCUT2D eigenvalue weighted by molar-refractivity contribution is 7.89. The maximum Gasteiger partial charge on any atom is 0.241 e. The molecule has 1 aliphatic rings. The lowest BCUT2D eigenvalue weighted by Gasteiger charge is -2.25. The third-order valence-corrected chi connectivity index (χ3v) is 8.49. The van der Waals surface area contributed by atoms with E-state index in [1.807, 2.05) is 72.6 Å². The molecular formula is C27H22Cl3N3O2S. The van der Waals surface area contributed by atoms with E-state index in [-0.39, 0.29) is 17.5 Å². The van der Waals surface area contributed by atoms with E-state index in [2.05, 4.69) is 4.72 Å². The number of benzene rings is 4. The number of hydrogen-bond donors (Lipinski definition) is 1. The van der Waals surface area contributed by atoms with Crippen LogP contribution in [-0.4, -0.2) is 20.7 Å². The molecule has 36 heavy (non-hydrogen) atoms. The second kappa shape index (κ2) is 10.0. The van der Waals surface area contributed by atoms with Gasteiger partial charge in [0.25, 0.3) is 0 Å². The van der Waals surface area contributed by atoms with Gasteiger partial charge in [0.15, 0.2) is 0 Å². The van der Waals surface area contributed by atoms with Crippen LogP contribution in [0.5, 0.6) is 0 Å². The van der Waals surface area contributed by atoms with Gasteiger partial charge in [0.1, 0.15) is 0 Å². The average Bonchev–Trinajstić information content (AvgIpc) is 3.27. The molecular weight excluding hydrogens is 537 g/mol. The Kier molecular flexibility index (Phi) is 6.99. The first-order valence-corrected chi connectivity index (χ1v) is 13.9. The number of nitrogens with one attached hydrogen (secondary N) is 1. The van der Waals surface area contributed by atoms with E-state index in [0.717, 1.165) is 16.5 Å². The summed E-state index contributed by atoms with van der Waals surface area (Å²) in [7, 11) is -3.79. The van der Waals surface area contributed by atoms with Gasteiger partial charge in [0.2, 0.25) is 10.0 Å². The molecule has 4 aromatic carbocycles. The lowest BCUT2D eigenvalue weighted by molar-refractivity contribution is 0.587. The Bertz CT molecular complexity index is 1590. The number of fused-ring (bicyclic) bond motifs is 1. The van der Waals surface area contributed by atoms with E-state index in [1.54, 1.807) is 18.2 Å². The summed E-state index contributed by atoms with van der Waals surface area (Å²) in [5.41, 5.74) is 3.37. The van der Waals surface area contributed by atoms with Crippen LogP contribution < -0.4 is 9.73 Å². The van der Waals surface area contributed by atoms with Crippen LogP contribution in [0.25, 0.3) is 10.8 Å². The van der Waals surface area contributed by atoms with Crippen LogP contribution >= 0.6 is 34.8 Å². The van der Waals surface area contributed by atoms with Crippen molar-refractivity contribution in [3.05, 3.63) is 105 Å². The fraction of sp³-hybridized carbons (Fsp3) is 0.148. The summed E-state index contributed by atoms with van der Waals surface area (Å²) in [5, 5.41) is 9.78. The van der Waals surface area contributed by atoms with Gasteiger partial charge in [0, 0.05) is 21.9 Å². The molecule has 0 amide bonds. The molecule has 1 N–H and O–H groups in total. The van der Waals surface area contributed by atoms with E-state index < -0.39 is 10.0 Å². The molecule has 0 bridgehead atoms. The Hall–Kier alpha value is -2.61. The van der Waals surface area contributed by atoms with Gasteiger partial charge in [-0.3, -0.25) is 5.01 Å². The Morgan fingerprint density at radius 3 is 2.33 bits per heavy atom. The van der Waals surface area contributed by atoms with Gasteiger partial charge in [-0.1, -0.05) is 77.3 Å². The zero-order chi connectivity index (χ0) is 25.4. The van der Waals surface area contributed by atoms with Crippen molar-refractivity contribution in [1.29, 1.82) is 0 Å². The summed E-state index contributed by atoms with van der Waals surface area (Å²) in [6.07, 6.45) is 0.512. The van der Waals surface area contributed by atoms with Gasteiger partial charge in [-0.05, 0) is 59.8 Å². The first kappa shape index (κ1) is 25.1. The minimum Gasteiger partial charge on any atom is -0.256 e. The Balaban J connectivity index is 1.45. The molecule has 1 heterocycles. The number of rotatable bonds is 6. The first-order valence-electron chi connectivity index (χ1n) is 11.3. The molecule has 184 valence electrons. The molecule has 0 saturated carbocycles. The summed E-state index contributed by atoms with van der Waals surface area (Å²) in [6.45, 7) is 2.03. The normalized spacial score (nSPS) is 15.9. The molecule has 0 radical (unpaired) electrons. The highest BCUT2D eigenvalue weighted by Gasteiger charge is 2.31. The topological polar surface area (TPSA) is 61.8 Å². The van der Waals surface area contributed by atoms with Crippen LogP contribution in [-0.2, 0) is 10.0 Å². The van der Waals surface area contributed by atoms with E-state index >= 15 is 0 Å². The van der Waals surface area contributed by atoms with Crippen LogP contribution in [0.2, 0.25) is 15.1 Å². The molecule has 0 aliphatic carbocycles. The molecule has 1 unspecified atom stereocenters. The van der Waals surface area contributed by atoms with Gasteiger partial charge >= 0.3 is 0 Å². The number of hydrogen-bond acceptors (Lipinski definition) is 4. The second-order valence-electron chi connectivity index (χ2n) is 8.63. The third-order valence-electron chi connectivity index (χ3n) is 6.24. The van der Waals surface area contributed by atoms with Crippen molar-refractivity contribution in [2.24, 2.45) is 5.10 Å². The summed E-state index contributed by atoms with van der Waals surface area (Å²) < 4.78 is 29.4. The molecule has 0 fully saturated rings. The van der Waals surface area contributed by atoms with Crippen LogP contribution in [0, 0.1) is 6.92 Å². The van der Waals surface area contributed by atoms with E-state index in [4.69, 9.17) is 39.9 Å². The monoisotopic (exact) mass is 557 g/mol. The summed E-state index contributed by atoms with van der Waals surface area (Å²) in [4.78, 5) is 0.245. The maximum absolute atomic E-state index is 13.3. The predicted molar refractivity (Wildman–Crippen MR) is 149 cm³/mol. The van der Waals surface area contributed by atoms with Crippen LogP contribution in [0.15, 0.2) is 88.9 Å². The lowest BCUT2D eigenvalue weighted by Crippen LogP contribution is -2.29. The van der Waals surface area contributed by atoms with Crippen LogP contribution in [0.3, 0.4) is 0 Å². The van der Waals surface area contributed by atoms with Gasteiger partial charge < -0.3 is 0 Å². The zero-order valence-electron chi connectivity index (χ0n) is 19.3. The average molecular weight is 559 g/mol. The third kappa shape index (κ3) is 4.97. The summed E-state index contributed by atoms with van der Waals surface area (Å²) >= 11 is 18.7. The smallest absolute Gasteiger partial charge is 0.241 e. The molecule has 0 saturated heterocycles. The van der Waals surface area contributed by atoms with E-state index in [1.165, 1.54) is 0 Å². The quantitative estimate of drug-likeness (QED) is 0.268. The van der Waals surface area contributed by atoms with Gasteiger partial charge in [-0.15, -0.1) is 0 Å². The number of aryl methyl sites for hydroxylation is 1. The van der Waals surface area contributed by atoms with Crippen molar-refractivity contribution < 1.29 is 8.42 Å². The molecule has 1 atom stereocenters. The Morgan fingerprint density at radius 1 is 0.917 bits per heavy atom. The van der Waals surface area contributed by atoms with Gasteiger partial charge in [0.05, 0.1) is 33.9 Å².